The van der Waals surface area contributed by atoms with Crippen molar-refractivity contribution < 1.29 is 4.42 Å². The van der Waals surface area contributed by atoms with Crippen molar-refractivity contribution in [1.29, 1.82) is 0 Å². The second-order valence-corrected chi connectivity index (χ2v) is 17.6. The number of para-hydroxylation sites is 2. The molecule has 0 saturated heterocycles. The lowest BCUT2D eigenvalue weighted by Crippen LogP contribution is -2.22. The maximum absolute atomic E-state index is 6.53. The quantitative estimate of drug-likeness (QED) is 0.160. The number of hydrogen-bond acceptors (Lipinski definition) is 2. The van der Waals surface area contributed by atoms with Gasteiger partial charge in [-0.05, 0) is 129 Å². The minimum atomic E-state index is -0.253. The summed E-state index contributed by atoms with van der Waals surface area (Å²) in [4.78, 5) is 2.43. The van der Waals surface area contributed by atoms with Gasteiger partial charge in [0.25, 0.3) is 0 Å². The first kappa shape index (κ1) is 36.7. The van der Waals surface area contributed by atoms with Crippen molar-refractivity contribution >= 4 is 49.8 Å². The zero-order valence-corrected chi connectivity index (χ0v) is 35.0. The van der Waals surface area contributed by atoms with E-state index >= 15 is 0 Å². The smallest absolute Gasteiger partial charge is 0.137 e. The van der Waals surface area contributed by atoms with Crippen LogP contribution in [0.4, 0.5) is 17.1 Å². The van der Waals surface area contributed by atoms with Gasteiger partial charge in [-0.1, -0.05) is 171 Å². The second-order valence-electron chi connectivity index (χ2n) is 17.6. The highest BCUT2D eigenvalue weighted by molar-refractivity contribution is 6.07. The fraction of sp³-hybridized carbons (Fsp3) is 0.133. The fourth-order valence-corrected chi connectivity index (χ4v) is 11.1. The molecule has 298 valence electrons. The molecule has 10 aromatic rings. The van der Waals surface area contributed by atoms with Crippen LogP contribution in [0.3, 0.4) is 0 Å². The highest BCUT2D eigenvalue weighted by atomic mass is 16.3. The molecule has 2 nitrogen and oxygen atoms in total. The predicted octanol–water partition coefficient (Wildman–Crippen LogP) is 16.9. The van der Waals surface area contributed by atoms with Gasteiger partial charge in [-0.2, -0.15) is 0 Å². The SMILES string of the molecule is CC1(c2ccccc2)c2ccccc2-c2ccc(-c3ccc(N(c4ccc5c(c4)oc4ccccc45)c4ccccc4-c4cccc5cccc(C6CCCCC6)c45)cc3)cc21. The van der Waals surface area contributed by atoms with Gasteiger partial charge in [0.1, 0.15) is 11.2 Å². The Bertz CT molecular complexity index is 3290. The maximum atomic E-state index is 6.53. The summed E-state index contributed by atoms with van der Waals surface area (Å²) in [6, 6.07) is 74.0. The van der Waals surface area contributed by atoms with Crippen LogP contribution in [-0.4, -0.2) is 0 Å². The number of anilines is 3. The van der Waals surface area contributed by atoms with Gasteiger partial charge >= 0.3 is 0 Å². The molecule has 62 heavy (non-hydrogen) atoms. The van der Waals surface area contributed by atoms with Gasteiger partial charge in [-0.3, -0.25) is 0 Å². The highest BCUT2D eigenvalue weighted by Crippen LogP contribution is 2.53. The van der Waals surface area contributed by atoms with Crippen LogP contribution in [-0.2, 0) is 5.41 Å². The highest BCUT2D eigenvalue weighted by Gasteiger charge is 2.40. The summed E-state index contributed by atoms with van der Waals surface area (Å²) in [6.45, 7) is 2.39. The Morgan fingerprint density at radius 1 is 0.468 bits per heavy atom. The minimum absolute atomic E-state index is 0.253. The van der Waals surface area contributed by atoms with E-state index in [4.69, 9.17) is 4.42 Å². The summed E-state index contributed by atoms with van der Waals surface area (Å²) < 4.78 is 6.53. The molecule has 0 bridgehead atoms. The lowest BCUT2D eigenvalue weighted by atomic mass is 9.74. The second kappa shape index (κ2) is 14.8. The Balaban J connectivity index is 1.01. The molecule has 9 aromatic carbocycles. The lowest BCUT2D eigenvalue weighted by molar-refractivity contribution is 0.445. The molecule has 1 saturated carbocycles. The zero-order valence-electron chi connectivity index (χ0n) is 35.0. The largest absolute Gasteiger partial charge is 0.456 e. The summed E-state index contributed by atoms with van der Waals surface area (Å²) in [6.07, 6.45) is 6.47. The molecule has 12 rings (SSSR count). The number of nitrogens with zero attached hydrogens (tertiary/aromatic N) is 1. The number of hydrogen-bond donors (Lipinski definition) is 0. The van der Waals surface area contributed by atoms with Crippen molar-refractivity contribution in [2.24, 2.45) is 0 Å². The first-order valence-electron chi connectivity index (χ1n) is 22.4. The molecule has 1 fully saturated rings. The van der Waals surface area contributed by atoms with E-state index in [0.29, 0.717) is 5.92 Å². The normalized spacial score (nSPS) is 16.1. The molecule has 1 atom stereocenters. The molecule has 0 spiro atoms. The van der Waals surface area contributed by atoms with E-state index in [-0.39, 0.29) is 5.41 Å². The van der Waals surface area contributed by atoms with E-state index in [2.05, 4.69) is 206 Å². The summed E-state index contributed by atoms with van der Waals surface area (Å²) >= 11 is 0. The van der Waals surface area contributed by atoms with Crippen molar-refractivity contribution in [3.63, 3.8) is 0 Å². The third kappa shape index (κ3) is 5.85. The first-order chi connectivity index (χ1) is 30.6. The van der Waals surface area contributed by atoms with Gasteiger partial charge in [0.2, 0.25) is 0 Å². The molecule has 0 amide bonds. The van der Waals surface area contributed by atoms with E-state index in [0.717, 1.165) is 39.0 Å². The molecule has 2 aliphatic carbocycles. The van der Waals surface area contributed by atoms with E-state index in [1.807, 2.05) is 6.07 Å². The number of furan rings is 1. The van der Waals surface area contributed by atoms with Crippen LogP contribution in [0, 0.1) is 0 Å². The Hall–Kier alpha value is -7.16. The number of fused-ring (bicyclic) bond motifs is 7. The average Bonchev–Trinajstić information content (AvgIpc) is 3.84. The zero-order chi connectivity index (χ0) is 41.2. The summed E-state index contributed by atoms with van der Waals surface area (Å²) in [5.74, 6) is 0.582. The van der Waals surface area contributed by atoms with E-state index in [1.54, 1.807) is 0 Å². The molecular weight excluding hydrogens is 751 g/mol. The fourth-order valence-electron chi connectivity index (χ4n) is 11.1. The van der Waals surface area contributed by atoms with Crippen molar-refractivity contribution in [1.82, 2.24) is 0 Å². The van der Waals surface area contributed by atoms with Crippen LogP contribution in [0.5, 0.6) is 0 Å². The van der Waals surface area contributed by atoms with Gasteiger partial charge in [0.05, 0.1) is 5.69 Å². The molecule has 1 heterocycles. The van der Waals surface area contributed by atoms with Crippen molar-refractivity contribution in [3.8, 4) is 33.4 Å². The van der Waals surface area contributed by atoms with E-state index in [1.165, 1.54) is 98.5 Å². The van der Waals surface area contributed by atoms with Gasteiger partial charge in [-0.15, -0.1) is 0 Å². The topological polar surface area (TPSA) is 16.4 Å². The van der Waals surface area contributed by atoms with Crippen molar-refractivity contribution in [2.45, 2.75) is 50.4 Å². The van der Waals surface area contributed by atoms with Crippen LogP contribution >= 0.6 is 0 Å². The number of benzene rings is 9. The third-order valence-corrected chi connectivity index (χ3v) is 14.2. The molecular formula is C60H47NO. The van der Waals surface area contributed by atoms with Gasteiger partial charge in [0.15, 0.2) is 0 Å². The summed E-state index contributed by atoms with van der Waals surface area (Å²) in [5, 5.41) is 4.96. The average molecular weight is 798 g/mol. The molecule has 1 aromatic heterocycles. The number of rotatable bonds is 7. The first-order valence-corrected chi connectivity index (χ1v) is 22.4. The molecule has 2 aliphatic rings. The Kier molecular flexibility index (Phi) is 8.74. The lowest BCUT2D eigenvalue weighted by Gasteiger charge is -2.29. The van der Waals surface area contributed by atoms with Gasteiger partial charge < -0.3 is 9.32 Å². The van der Waals surface area contributed by atoms with E-state index < -0.39 is 0 Å². The molecule has 0 N–H and O–H groups in total. The maximum Gasteiger partial charge on any atom is 0.137 e. The Morgan fingerprint density at radius 2 is 1.13 bits per heavy atom. The summed E-state index contributed by atoms with van der Waals surface area (Å²) in [7, 11) is 0. The molecule has 2 heteroatoms. The standard InChI is InChI=1S/C60H47NO/c1-60(44-20-6-3-7-21-44)54-27-11-8-22-48(54)49-36-32-43(38-55(49)60)40-30-33-45(34-31-40)61(46-35-37-52-51-24-10-13-29-57(51)62-58(52)39-46)56-28-12-9-23-50(56)53-26-15-19-42-18-14-25-47(59(42)53)41-16-4-2-5-17-41/h3,6-15,18-39,41H,2,4-5,16-17H2,1H3. The van der Waals surface area contributed by atoms with Crippen LogP contribution < -0.4 is 4.90 Å². The third-order valence-electron chi connectivity index (χ3n) is 14.2. The van der Waals surface area contributed by atoms with Gasteiger partial charge in [0, 0.05) is 39.2 Å². The minimum Gasteiger partial charge on any atom is -0.456 e. The Labute approximate surface area is 363 Å². The monoisotopic (exact) mass is 797 g/mol. The Morgan fingerprint density at radius 3 is 1.98 bits per heavy atom. The molecule has 1 unspecified atom stereocenters. The van der Waals surface area contributed by atoms with Crippen molar-refractivity contribution in [3.05, 3.63) is 222 Å². The van der Waals surface area contributed by atoms with Gasteiger partial charge in [-0.25, -0.2) is 0 Å². The van der Waals surface area contributed by atoms with Crippen molar-refractivity contribution in [2.75, 3.05) is 4.90 Å². The summed E-state index contributed by atoms with van der Waals surface area (Å²) in [5.41, 5.74) is 17.9. The van der Waals surface area contributed by atoms with Crippen LogP contribution in [0.1, 0.15) is 67.2 Å². The molecule has 0 radical (unpaired) electrons. The van der Waals surface area contributed by atoms with Crippen LogP contribution in [0.25, 0.3) is 66.1 Å². The predicted molar refractivity (Wildman–Crippen MR) is 260 cm³/mol. The molecule has 0 aliphatic heterocycles. The van der Waals surface area contributed by atoms with Crippen LogP contribution in [0.2, 0.25) is 0 Å². The van der Waals surface area contributed by atoms with E-state index in [9.17, 15) is 0 Å². The van der Waals surface area contributed by atoms with Crippen LogP contribution in [0.15, 0.2) is 205 Å².